The Morgan fingerprint density at radius 1 is 1.58 bits per heavy atom. The van der Waals surface area contributed by atoms with E-state index in [0.29, 0.717) is 0 Å². The fourth-order valence-electron chi connectivity index (χ4n) is 1.42. The Bertz CT molecular complexity index is 278. The van der Waals surface area contributed by atoms with E-state index in [4.69, 9.17) is 10.5 Å². The van der Waals surface area contributed by atoms with E-state index in [-0.39, 0.29) is 6.04 Å². The molecule has 0 bridgehead atoms. The Morgan fingerprint density at radius 3 is 2.50 bits per heavy atom. The molecule has 4 heteroatoms. The van der Waals surface area contributed by atoms with E-state index < -0.39 is 0 Å². The van der Waals surface area contributed by atoms with Crippen molar-refractivity contribution in [3.63, 3.8) is 0 Å². The molecule has 1 atom stereocenters. The summed E-state index contributed by atoms with van der Waals surface area (Å²) in [4.78, 5) is 0. The van der Waals surface area contributed by atoms with E-state index in [1.54, 1.807) is 11.8 Å². The smallest absolute Gasteiger partial charge is 0.216 e. The maximum absolute atomic E-state index is 5.77. The normalized spacial score (nSPS) is 13.1. The van der Waals surface area contributed by atoms with Gasteiger partial charge in [-0.2, -0.15) is 5.10 Å². The summed E-state index contributed by atoms with van der Waals surface area (Å²) in [6.07, 6.45) is 0. The second-order valence-electron chi connectivity index (χ2n) is 2.92. The molecular weight excluding hydrogens is 154 g/mol. The zero-order chi connectivity index (χ0) is 9.30. The zero-order valence-corrected chi connectivity index (χ0v) is 7.96. The Hall–Kier alpha value is -1.03. The summed E-state index contributed by atoms with van der Waals surface area (Å²) in [7, 11) is 3.47. The Labute approximate surface area is 72.3 Å². The number of aromatic nitrogens is 2. The van der Waals surface area contributed by atoms with Crippen molar-refractivity contribution in [3.05, 3.63) is 11.3 Å². The summed E-state index contributed by atoms with van der Waals surface area (Å²) in [5.74, 6) is 0.752. The number of rotatable bonds is 2. The van der Waals surface area contributed by atoms with Crippen LogP contribution in [0.5, 0.6) is 5.88 Å². The van der Waals surface area contributed by atoms with Gasteiger partial charge >= 0.3 is 0 Å². The first kappa shape index (κ1) is 9.06. The molecule has 1 aromatic rings. The third kappa shape index (κ3) is 1.30. The topological polar surface area (TPSA) is 53.1 Å². The van der Waals surface area contributed by atoms with Crippen molar-refractivity contribution < 1.29 is 4.74 Å². The van der Waals surface area contributed by atoms with E-state index in [1.165, 1.54) is 0 Å². The van der Waals surface area contributed by atoms with Gasteiger partial charge < -0.3 is 10.5 Å². The summed E-state index contributed by atoms with van der Waals surface area (Å²) < 4.78 is 6.88. The molecule has 0 amide bonds. The van der Waals surface area contributed by atoms with Crippen LogP contribution in [0.3, 0.4) is 0 Å². The third-order valence-electron chi connectivity index (χ3n) is 1.86. The van der Waals surface area contributed by atoms with Crippen molar-refractivity contribution >= 4 is 0 Å². The molecule has 0 saturated heterocycles. The summed E-state index contributed by atoms with van der Waals surface area (Å²) >= 11 is 0. The van der Waals surface area contributed by atoms with Crippen molar-refractivity contribution in [1.29, 1.82) is 0 Å². The van der Waals surface area contributed by atoms with E-state index in [0.717, 1.165) is 17.1 Å². The lowest BCUT2D eigenvalue weighted by Crippen LogP contribution is -2.07. The SMILES string of the molecule is COc1c([C@@H](C)N)c(C)nn1C. The van der Waals surface area contributed by atoms with Crippen LogP contribution in [0.4, 0.5) is 0 Å². The van der Waals surface area contributed by atoms with Crippen molar-refractivity contribution in [2.24, 2.45) is 12.8 Å². The molecule has 1 rings (SSSR count). The first-order chi connectivity index (χ1) is 5.57. The number of hydrogen-bond acceptors (Lipinski definition) is 3. The van der Waals surface area contributed by atoms with Gasteiger partial charge in [-0.05, 0) is 13.8 Å². The minimum atomic E-state index is -0.0337. The van der Waals surface area contributed by atoms with Gasteiger partial charge in [0.05, 0.1) is 18.4 Å². The van der Waals surface area contributed by atoms with Crippen LogP contribution in [0.25, 0.3) is 0 Å². The first-order valence-corrected chi connectivity index (χ1v) is 3.91. The molecule has 0 spiro atoms. The summed E-state index contributed by atoms with van der Waals surface area (Å²) in [6, 6.07) is -0.0337. The highest BCUT2D eigenvalue weighted by atomic mass is 16.5. The minimum absolute atomic E-state index is 0.0337. The number of ether oxygens (including phenoxy) is 1. The van der Waals surface area contributed by atoms with Gasteiger partial charge in [-0.25, -0.2) is 4.68 Å². The number of nitrogens with zero attached hydrogens (tertiary/aromatic N) is 2. The zero-order valence-electron chi connectivity index (χ0n) is 7.96. The van der Waals surface area contributed by atoms with Crippen LogP contribution in [0.1, 0.15) is 24.2 Å². The number of hydrogen-bond donors (Lipinski definition) is 1. The van der Waals surface area contributed by atoms with Gasteiger partial charge in [0.1, 0.15) is 0 Å². The van der Waals surface area contributed by atoms with Gasteiger partial charge in [0.2, 0.25) is 5.88 Å². The molecule has 0 aliphatic carbocycles. The Kier molecular flexibility index (Phi) is 2.38. The quantitative estimate of drug-likeness (QED) is 0.711. The van der Waals surface area contributed by atoms with E-state index in [1.807, 2.05) is 20.9 Å². The largest absolute Gasteiger partial charge is 0.481 e. The van der Waals surface area contributed by atoms with Crippen LogP contribution in [-0.4, -0.2) is 16.9 Å². The highest BCUT2D eigenvalue weighted by Gasteiger charge is 2.16. The van der Waals surface area contributed by atoms with Crippen LogP contribution in [0.2, 0.25) is 0 Å². The van der Waals surface area contributed by atoms with Crippen molar-refractivity contribution in [1.82, 2.24) is 9.78 Å². The number of methoxy groups -OCH3 is 1. The molecule has 1 aromatic heterocycles. The molecule has 0 radical (unpaired) electrons. The van der Waals surface area contributed by atoms with Crippen molar-refractivity contribution in [3.8, 4) is 5.88 Å². The lowest BCUT2D eigenvalue weighted by Gasteiger charge is -2.07. The molecule has 0 aliphatic heterocycles. The van der Waals surface area contributed by atoms with Crippen LogP contribution < -0.4 is 10.5 Å². The Balaban J connectivity index is 3.23. The van der Waals surface area contributed by atoms with E-state index >= 15 is 0 Å². The third-order valence-corrected chi connectivity index (χ3v) is 1.86. The molecule has 0 saturated carbocycles. The van der Waals surface area contributed by atoms with Gasteiger partial charge in [-0.15, -0.1) is 0 Å². The van der Waals surface area contributed by atoms with Crippen molar-refractivity contribution in [2.45, 2.75) is 19.9 Å². The first-order valence-electron chi connectivity index (χ1n) is 3.91. The molecule has 68 valence electrons. The number of nitrogens with two attached hydrogens (primary N) is 1. The lowest BCUT2D eigenvalue weighted by molar-refractivity contribution is 0.367. The van der Waals surface area contributed by atoms with Gasteiger partial charge in [0, 0.05) is 13.1 Å². The molecular formula is C8H15N3O. The van der Waals surface area contributed by atoms with Crippen molar-refractivity contribution in [2.75, 3.05) is 7.11 Å². The maximum Gasteiger partial charge on any atom is 0.216 e. The second kappa shape index (κ2) is 3.15. The molecule has 0 unspecified atom stereocenters. The van der Waals surface area contributed by atoms with Gasteiger partial charge in [0.25, 0.3) is 0 Å². The Morgan fingerprint density at radius 2 is 2.17 bits per heavy atom. The molecule has 4 nitrogen and oxygen atoms in total. The summed E-state index contributed by atoms with van der Waals surface area (Å²) in [5.41, 5.74) is 7.69. The highest BCUT2D eigenvalue weighted by molar-refractivity contribution is 5.33. The number of aryl methyl sites for hydroxylation is 2. The van der Waals surface area contributed by atoms with Crippen LogP contribution in [-0.2, 0) is 7.05 Å². The van der Waals surface area contributed by atoms with Gasteiger partial charge in [-0.1, -0.05) is 0 Å². The molecule has 2 N–H and O–H groups in total. The average molecular weight is 169 g/mol. The van der Waals surface area contributed by atoms with Crippen LogP contribution in [0, 0.1) is 6.92 Å². The molecule has 12 heavy (non-hydrogen) atoms. The van der Waals surface area contributed by atoms with Gasteiger partial charge in [0.15, 0.2) is 0 Å². The predicted octanol–water partition coefficient (Wildman–Crippen LogP) is 0.757. The lowest BCUT2D eigenvalue weighted by atomic mass is 10.1. The second-order valence-corrected chi connectivity index (χ2v) is 2.92. The molecule has 1 heterocycles. The molecule has 0 aromatic carbocycles. The van der Waals surface area contributed by atoms with E-state index in [2.05, 4.69) is 5.10 Å². The van der Waals surface area contributed by atoms with Crippen LogP contribution in [0.15, 0.2) is 0 Å². The van der Waals surface area contributed by atoms with Crippen LogP contribution >= 0.6 is 0 Å². The predicted molar refractivity (Wildman–Crippen MR) is 47.1 cm³/mol. The van der Waals surface area contributed by atoms with E-state index in [9.17, 15) is 0 Å². The minimum Gasteiger partial charge on any atom is -0.481 e. The molecule has 0 aliphatic rings. The molecule has 0 fully saturated rings. The van der Waals surface area contributed by atoms with Gasteiger partial charge in [-0.3, -0.25) is 0 Å². The average Bonchev–Trinajstić information content (AvgIpc) is 2.24. The fraction of sp³-hybridized carbons (Fsp3) is 0.625. The summed E-state index contributed by atoms with van der Waals surface area (Å²) in [6.45, 7) is 3.85. The monoisotopic (exact) mass is 169 g/mol. The fourth-order valence-corrected chi connectivity index (χ4v) is 1.42. The maximum atomic E-state index is 5.77. The summed E-state index contributed by atoms with van der Waals surface area (Å²) in [5, 5.41) is 4.21. The highest BCUT2D eigenvalue weighted by Crippen LogP contribution is 2.25. The standard InChI is InChI=1S/C8H15N3O/c1-5(9)7-6(2)10-11(3)8(7)12-4/h5H,9H2,1-4H3/t5-/m1/s1.